The summed E-state index contributed by atoms with van der Waals surface area (Å²) in [5.41, 5.74) is 0.173. The zero-order valence-electron chi connectivity index (χ0n) is 16.0. The highest BCUT2D eigenvalue weighted by molar-refractivity contribution is 7.91. The van der Waals surface area contributed by atoms with Crippen molar-refractivity contribution >= 4 is 27.3 Å². The number of benzene rings is 1. The van der Waals surface area contributed by atoms with Gasteiger partial charge >= 0.3 is 0 Å². The van der Waals surface area contributed by atoms with Crippen LogP contribution in [0.5, 0.6) is 0 Å². The third-order valence-corrected chi connectivity index (χ3v) is 6.45. The summed E-state index contributed by atoms with van der Waals surface area (Å²) in [7, 11) is -3.09. The van der Waals surface area contributed by atoms with Gasteiger partial charge in [-0.3, -0.25) is 9.59 Å². The fourth-order valence-corrected chi connectivity index (χ4v) is 4.58. The first kappa shape index (κ1) is 20.4. The first-order chi connectivity index (χ1) is 11.8. The summed E-state index contributed by atoms with van der Waals surface area (Å²) in [4.78, 5) is 25.3. The normalized spacial score (nSPS) is 19.8. The van der Waals surface area contributed by atoms with Crippen LogP contribution >= 0.6 is 0 Å². The monoisotopic (exact) mass is 380 g/mol. The van der Waals surface area contributed by atoms with Gasteiger partial charge in [-0.25, -0.2) is 8.42 Å². The zero-order valence-corrected chi connectivity index (χ0v) is 16.9. The van der Waals surface area contributed by atoms with Gasteiger partial charge in [0, 0.05) is 11.7 Å². The van der Waals surface area contributed by atoms with E-state index >= 15 is 0 Å². The second kappa shape index (κ2) is 7.02. The topological polar surface area (TPSA) is 92.3 Å². The quantitative estimate of drug-likeness (QED) is 0.784. The first-order valence-corrected chi connectivity index (χ1v) is 10.6. The van der Waals surface area contributed by atoms with E-state index in [4.69, 9.17) is 0 Å². The number of para-hydroxylation sites is 1. The molecule has 0 aromatic heterocycles. The van der Waals surface area contributed by atoms with Crippen LogP contribution in [0.3, 0.4) is 0 Å². The van der Waals surface area contributed by atoms with E-state index in [0.717, 1.165) is 5.56 Å². The Labute approximate surface area is 155 Å². The van der Waals surface area contributed by atoms with Gasteiger partial charge in [-0.1, -0.05) is 39.0 Å². The van der Waals surface area contributed by atoms with E-state index in [9.17, 15) is 18.0 Å². The van der Waals surface area contributed by atoms with Gasteiger partial charge in [-0.05, 0) is 37.3 Å². The summed E-state index contributed by atoms with van der Waals surface area (Å²) in [6.07, 6.45) is 0.388. The molecule has 0 radical (unpaired) electrons. The van der Waals surface area contributed by atoms with Crippen molar-refractivity contribution in [1.29, 1.82) is 0 Å². The predicted octanol–water partition coefficient (Wildman–Crippen LogP) is 2.25. The van der Waals surface area contributed by atoms with E-state index in [0.29, 0.717) is 12.1 Å². The number of rotatable bonds is 4. The molecule has 1 saturated heterocycles. The van der Waals surface area contributed by atoms with Crippen molar-refractivity contribution in [3.8, 4) is 0 Å². The van der Waals surface area contributed by atoms with Crippen molar-refractivity contribution < 1.29 is 18.0 Å². The van der Waals surface area contributed by atoms with Gasteiger partial charge in [0.25, 0.3) is 0 Å². The van der Waals surface area contributed by atoms with Crippen LogP contribution in [0, 0.1) is 5.41 Å². The second-order valence-electron chi connectivity index (χ2n) is 8.45. The highest BCUT2D eigenvalue weighted by atomic mass is 32.2. The molecule has 2 N–H and O–H groups in total. The van der Waals surface area contributed by atoms with E-state index in [1.54, 1.807) is 13.8 Å². The number of hydrogen-bond acceptors (Lipinski definition) is 4. The first-order valence-electron chi connectivity index (χ1n) is 8.75. The number of sulfone groups is 1. The Morgan fingerprint density at radius 1 is 1.04 bits per heavy atom. The molecule has 2 rings (SSSR count). The molecule has 0 spiro atoms. The molecule has 1 aliphatic heterocycles. The molecular weight excluding hydrogens is 352 g/mol. The van der Waals surface area contributed by atoms with Crippen molar-refractivity contribution in [2.45, 2.75) is 52.5 Å². The van der Waals surface area contributed by atoms with Gasteiger partial charge in [0.1, 0.15) is 5.41 Å². The standard InChI is InChI=1S/C19H28N2O4S/c1-18(2,3)14-8-6-7-9-15(14)21-17(23)19(4,5)16(22)20-13-10-11-26(24,25)12-13/h6-9,13H,10-12H2,1-5H3,(H,20,22)(H,21,23). The van der Waals surface area contributed by atoms with Crippen molar-refractivity contribution in [3.05, 3.63) is 29.8 Å². The average Bonchev–Trinajstić information content (AvgIpc) is 2.85. The number of carbonyl (C=O) groups is 2. The third kappa shape index (κ3) is 4.63. The minimum Gasteiger partial charge on any atom is -0.351 e. The van der Waals surface area contributed by atoms with E-state index in [1.807, 2.05) is 24.3 Å². The Hall–Kier alpha value is -1.89. The Bertz CT molecular complexity index is 807. The molecule has 144 valence electrons. The van der Waals surface area contributed by atoms with E-state index in [-0.39, 0.29) is 16.9 Å². The lowest BCUT2D eigenvalue weighted by atomic mass is 9.85. The van der Waals surface area contributed by atoms with Gasteiger partial charge in [0.15, 0.2) is 9.84 Å². The molecule has 7 heteroatoms. The molecule has 2 amide bonds. The summed E-state index contributed by atoms with van der Waals surface area (Å²) in [5.74, 6) is -0.884. The fraction of sp³-hybridized carbons (Fsp3) is 0.579. The van der Waals surface area contributed by atoms with Crippen LogP contribution in [0.15, 0.2) is 24.3 Å². The number of anilines is 1. The molecule has 1 fully saturated rings. The van der Waals surface area contributed by atoms with Crippen molar-refractivity contribution in [2.75, 3.05) is 16.8 Å². The zero-order chi connectivity index (χ0) is 19.8. The van der Waals surface area contributed by atoms with E-state index in [2.05, 4.69) is 31.4 Å². The Balaban J connectivity index is 2.12. The summed E-state index contributed by atoms with van der Waals surface area (Å²) in [5, 5.41) is 5.57. The summed E-state index contributed by atoms with van der Waals surface area (Å²) >= 11 is 0. The fourth-order valence-electron chi connectivity index (χ4n) is 2.90. The van der Waals surface area contributed by atoms with Crippen LogP contribution in [-0.2, 0) is 24.8 Å². The van der Waals surface area contributed by atoms with Gasteiger partial charge in [0.05, 0.1) is 11.5 Å². The average molecular weight is 381 g/mol. The molecule has 1 aromatic carbocycles. The molecule has 26 heavy (non-hydrogen) atoms. The molecule has 1 aromatic rings. The minimum atomic E-state index is -3.09. The number of nitrogens with one attached hydrogen (secondary N) is 2. The lowest BCUT2D eigenvalue weighted by Gasteiger charge is -2.27. The number of carbonyl (C=O) groups excluding carboxylic acids is 2. The molecule has 1 unspecified atom stereocenters. The molecular formula is C19H28N2O4S. The van der Waals surface area contributed by atoms with Crippen molar-refractivity contribution in [3.63, 3.8) is 0 Å². The SMILES string of the molecule is CC(C)(C(=O)Nc1ccccc1C(C)(C)C)C(=O)NC1CCS(=O)(=O)C1. The van der Waals surface area contributed by atoms with E-state index < -0.39 is 33.1 Å². The molecule has 1 aliphatic rings. The molecule has 0 bridgehead atoms. The maximum atomic E-state index is 12.8. The van der Waals surface area contributed by atoms with Crippen LogP contribution in [-0.4, -0.2) is 37.8 Å². The largest absolute Gasteiger partial charge is 0.351 e. The summed E-state index contributed by atoms with van der Waals surface area (Å²) < 4.78 is 23.1. The lowest BCUT2D eigenvalue weighted by Crippen LogP contribution is -2.49. The van der Waals surface area contributed by atoms with Crippen LogP contribution in [0.2, 0.25) is 0 Å². The molecule has 0 aliphatic carbocycles. The lowest BCUT2D eigenvalue weighted by molar-refractivity contribution is -0.138. The third-order valence-electron chi connectivity index (χ3n) is 4.69. The Morgan fingerprint density at radius 2 is 1.65 bits per heavy atom. The number of hydrogen-bond donors (Lipinski definition) is 2. The van der Waals surface area contributed by atoms with Gasteiger partial charge in [-0.2, -0.15) is 0 Å². The molecule has 1 heterocycles. The maximum Gasteiger partial charge on any atom is 0.239 e. The highest BCUT2D eigenvalue weighted by Crippen LogP contribution is 2.30. The Morgan fingerprint density at radius 3 is 2.19 bits per heavy atom. The number of amides is 2. The van der Waals surface area contributed by atoms with Gasteiger partial charge < -0.3 is 10.6 Å². The highest BCUT2D eigenvalue weighted by Gasteiger charge is 2.39. The van der Waals surface area contributed by atoms with Gasteiger partial charge in [-0.15, -0.1) is 0 Å². The van der Waals surface area contributed by atoms with Crippen LogP contribution in [0.25, 0.3) is 0 Å². The predicted molar refractivity (Wildman–Crippen MR) is 103 cm³/mol. The van der Waals surface area contributed by atoms with Crippen molar-refractivity contribution in [1.82, 2.24) is 5.32 Å². The van der Waals surface area contributed by atoms with E-state index in [1.165, 1.54) is 0 Å². The Kier molecular flexibility index (Phi) is 5.52. The smallest absolute Gasteiger partial charge is 0.239 e. The van der Waals surface area contributed by atoms with Gasteiger partial charge in [0.2, 0.25) is 11.8 Å². The van der Waals surface area contributed by atoms with Crippen LogP contribution in [0.4, 0.5) is 5.69 Å². The summed E-state index contributed by atoms with van der Waals surface area (Å²) in [6, 6.07) is 7.08. The molecule has 6 nitrogen and oxygen atoms in total. The van der Waals surface area contributed by atoms with Crippen LogP contribution < -0.4 is 10.6 Å². The minimum absolute atomic E-state index is 0.0662. The van der Waals surface area contributed by atoms with Crippen LogP contribution in [0.1, 0.15) is 46.6 Å². The van der Waals surface area contributed by atoms with Crippen molar-refractivity contribution in [2.24, 2.45) is 5.41 Å². The summed E-state index contributed by atoms with van der Waals surface area (Å²) in [6.45, 7) is 9.24. The maximum absolute atomic E-state index is 12.8. The molecule has 0 saturated carbocycles. The second-order valence-corrected chi connectivity index (χ2v) is 10.7. The molecule has 1 atom stereocenters.